The Morgan fingerprint density at radius 1 is 1.10 bits per heavy atom. The van der Waals surface area contributed by atoms with E-state index in [4.69, 9.17) is 4.74 Å². The van der Waals surface area contributed by atoms with Gasteiger partial charge in [-0.2, -0.15) is 0 Å². The molecule has 0 radical (unpaired) electrons. The molecule has 166 valence electrons. The predicted octanol–water partition coefficient (Wildman–Crippen LogP) is 2.18. The van der Waals surface area contributed by atoms with Crippen LogP contribution in [0.1, 0.15) is 51.0 Å². The van der Waals surface area contributed by atoms with Crippen molar-refractivity contribution in [2.45, 2.75) is 57.0 Å². The molecule has 1 aromatic carbocycles. The van der Waals surface area contributed by atoms with E-state index in [0.29, 0.717) is 18.0 Å². The van der Waals surface area contributed by atoms with Crippen molar-refractivity contribution in [3.05, 3.63) is 35.9 Å². The third kappa shape index (κ3) is 4.16. The van der Waals surface area contributed by atoms with Crippen LogP contribution in [0.4, 0.5) is 4.79 Å². The second-order valence-corrected chi connectivity index (χ2v) is 8.81. The molecule has 0 spiro atoms. The van der Waals surface area contributed by atoms with Crippen molar-refractivity contribution in [1.29, 1.82) is 0 Å². The number of imide groups is 1. The Morgan fingerprint density at radius 2 is 1.81 bits per heavy atom. The zero-order valence-corrected chi connectivity index (χ0v) is 17.8. The summed E-state index contributed by atoms with van der Waals surface area (Å²) in [5.41, 5.74) is -0.607. The van der Waals surface area contributed by atoms with Gasteiger partial charge in [0.05, 0.1) is 0 Å². The molecule has 1 N–H and O–H groups in total. The van der Waals surface area contributed by atoms with E-state index in [1.165, 1.54) is 6.42 Å². The fraction of sp³-hybridized carbons (Fsp3) is 0.565. The molecule has 31 heavy (non-hydrogen) atoms. The number of urea groups is 1. The predicted molar refractivity (Wildman–Crippen MR) is 112 cm³/mol. The number of hydrogen-bond donors (Lipinski definition) is 1. The van der Waals surface area contributed by atoms with Crippen molar-refractivity contribution >= 4 is 23.8 Å². The highest BCUT2D eigenvalue weighted by Gasteiger charge is 2.49. The first-order valence-electron chi connectivity index (χ1n) is 11.0. The van der Waals surface area contributed by atoms with Crippen LogP contribution in [-0.4, -0.2) is 59.4 Å². The molecule has 2 heterocycles. The molecular formula is C23H29N3O5. The van der Waals surface area contributed by atoms with Crippen LogP contribution in [0.5, 0.6) is 0 Å². The fourth-order valence-electron chi connectivity index (χ4n) is 5.14. The standard InChI is InChI=1S/C23H29N3O5/c1-23(17-10-3-2-4-11-17)21(29)26(22(30)24-23)14-20(28)31-15-19(27)25-13-7-9-16-8-5-6-12-18(16)25/h2-4,10-11,16,18H,5-9,12-15H2,1H3,(H,24,30)/t16-,18+,23+/m1/s1. The minimum absolute atomic E-state index is 0.198. The number of benzene rings is 1. The van der Waals surface area contributed by atoms with Crippen LogP contribution in [0.15, 0.2) is 30.3 Å². The van der Waals surface area contributed by atoms with Gasteiger partial charge in [0, 0.05) is 12.6 Å². The number of esters is 1. The van der Waals surface area contributed by atoms with Crippen molar-refractivity contribution in [2.75, 3.05) is 19.7 Å². The van der Waals surface area contributed by atoms with Gasteiger partial charge in [0.25, 0.3) is 11.8 Å². The summed E-state index contributed by atoms with van der Waals surface area (Å²) in [7, 11) is 0. The van der Waals surface area contributed by atoms with Crippen LogP contribution in [0.25, 0.3) is 0 Å². The topological polar surface area (TPSA) is 96.0 Å². The van der Waals surface area contributed by atoms with Gasteiger partial charge in [-0.05, 0) is 44.1 Å². The van der Waals surface area contributed by atoms with Gasteiger partial charge in [0.2, 0.25) is 0 Å². The molecule has 3 atom stereocenters. The second-order valence-electron chi connectivity index (χ2n) is 8.81. The van der Waals surface area contributed by atoms with Crippen LogP contribution < -0.4 is 5.32 Å². The zero-order chi connectivity index (χ0) is 22.0. The SMILES string of the molecule is C[C@@]1(c2ccccc2)NC(=O)N(CC(=O)OCC(=O)N2CCC[C@H]3CCCC[C@@H]32)C1=O. The normalized spacial score (nSPS) is 28.2. The lowest BCUT2D eigenvalue weighted by molar-refractivity contribution is -0.156. The third-order valence-electron chi connectivity index (χ3n) is 6.83. The van der Waals surface area contributed by atoms with Gasteiger partial charge in [0.1, 0.15) is 12.1 Å². The summed E-state index contributed by atoms with van der Waals surface area (Å²) in [5.74, 6) is -0.945. The summed E-state index contributed by atoms with van der Waals surface area (Å²) in [6.07, 6.45) is 6.62. The molecular weight excluding hydrogens is 398 g/mol. The monoisotopic (exact) mass is 427 g/mol. The quantitative estimate of drug-likeness (QED) is 0.574. The lowest BCUT2D eigenvalue weighted by Gasteiger charge is -2.44. The van der Waals surface area contributed by atoms with Gasteiger partial charge in [-0.3, -0.25) is 19.3 Å². The van der Waals surface area contributed by atoms with Gasteiger partial charge in [-0.25, -0.2) is 4.79 Å². The molecule has 0 unspecified atom stereocenters. The van der Waals surface area contributed by atoms with Gasteiger partial charge >= 0.3 is 12.0 Å². The number of ether oxygens (including phenoxy) is 1. The Kier molecular flexibility index (Phi) is 5.98. The highest BCUT2D eigenvalue weighted by atomic mass is 16.5. The fourth-order valence-corrected chi connectivity index (χ4v) is 5.14. The number of likely N-dealkylation sites (tertiary alicyclic amines) is 1. The molecule has 4 amide bonds. The minimum Gasteiger partial charge on any atom is -0.454 e. The highest BCUT2D eigenvalue weighted by molar-refractivity contribution is 6.08. The molecule has 3 aliphatic rings. The van der Waals surface area contributed by atoms with Crippen molar-refractivity contribution < 1.29 is 23.9 Å². The Balaban J connectivity index is 1.33. The first-order chi connectivity index (χ1) is 14.9. The highest BCUT2D eigenvalue weighted by Crippen LogP contribution is 2.35. The van der Waals surface area contributed by atoms with Crippen LogP contribution in [0.2, 0.25) is 0 Å². The molecule has 0 bridgehead atoms. The molecule has 3 fully saturated rings. The summed E-state index contributed by atoms with van der Waals surface area (Å²) in [6, 6.07) is 8.45. The number of piperidine rings is 1. The molecule has 0 aromatic heterocycles. The number of carbonyl (C=O) groups excluding carboxylic acids is 4. The van der Waals surface area contributed by atoms with Gasteiger partial charge in [-0.1, -0.05) is 43.2 Å². The van der Waals surface area contributed by atoms with Crippen LogP contribution >= 0.6 is 0 Å². The Labute approximate surface area is 181 Å². The minimum atomic E-state index is -1.24. The summed E-state index contributed by atoms with van der Waals surface area (Å²) in [5, 5.41) is 2.65. The Bertz CT molecular complexity index is 871. The molecule has 1 saturated carbocycles. The summed E-state index contributed by atoms with van der Waals surface area (Å²) in [6.45, 7) is 1.42. The molecule has 1 aromatic rings. The van der Waals surface area contributed by atoms with Crippen LogP contribution in [0, 0.1) is 5.92 Å². The smallest absolute Gasteiger partial charge is 0.326 e. The molecule has 1 aliphatic carbocycles. The van der Waals surface area contributed by atoms with E-state index in [1.807, 2.05) is 11.0 Å². The van der Waals surface area contributed by atoms with Crippen LogP contribution in [0.3, 0.4) is 0 Å². The molecule has 2 aliphatic heterocycles. The van der Waals surface area contributed by atoms with E-state index in [1.54, 1.807) is 31.2 Å². The molecule has 2 saturated heterocycles. The third-order valence-corrected chi connectivity index (χ3v) is 6.83. The van der Waals surface area contributed by atoms with Gasteiger partial charge in [0.15, 0.2) is 6.61 Å². The van der Waals surface area contributed by atoms with E-state index in [-0.39, 0.29) is 18.6 Å². The molecule has 4 rings (SSSR count). The van der Waals surface area contributed by atoms with Crippen LogP contribution in [-0.2, 0) is 24.7 Å². The Hall–Kier alpha value is -2.90. The number of nitrogens with one attached hydrogen (secondary N) is 1. The maximum absolute atomic E-state index is 12.9. The lowest BCUT2D eigenvalue weighted by Crippen LogP contribution is -2.51. The average molecular weight is 428 g/mol. The van der Waals surface area contributed by atoms with Crippen molar-refractivity contribution in [3.63, 3.8) is 0 Å². The lowest BCUT2D eigenvalue weighted by atomic mass is 9.78. The second kappa shape index (κ2) is 8.69. The number of rotatable bonds is 5. The number of hydrogen-bond acceptors (Lipinski definition) is 5. The van der Waals surface area contributed by atoms with Crippen molar-refractivity contribution in [1.82, 2.24) is 15.1 Å². The number of fused-ring (bicyclic) bond motifs is 1. The first kappa shape index (κ1) is 21.3. The zero-order valence-electron chi connectivity index (χ0n) is 17.8. The van der Waals surface area contributed by atoms with Crippen molar-refractivity contribution in [2.24, 2.45) is 5.92 Å². The number of nitrogens with zero attached hydrogens (tertiary/aromatic N) is 2. The average Bonchev–Trinajstić information content (AvgIpc) is 3.01. The maximum atomic E-state index is 12.9. The molecule has 8 nitrogen and oxygen atoms in total. The van der Waals surface area contributed by atoms with Gasteiger partial charge < -0.3 is 15.0 Å². The van der Waals surface area contributed by atoms with E-state index in [0.717, 1.165) is 37.0 Å². The van der Waals surface area contributed by atoms with Gasteiger partial charge in [-0.15, -0.1) is 0 Å². The number of carbonyl (C=O) groups is 4. The summed E-state index contributed by atoms with van der Waals surface area (Å²) in [4.78, 5) is 53.0. The summed E-state index contributed by atoms with van der Waals surface area (Å²) >= 11 is 0. The van der Waals surface area contributed by atoms with E-state index < -0.39 is 30.0 Å². The Morgan fingerprint density at radius 3 is 2.58 bits per heavy atom. The first-order valence-corrected chi connectivity index (χ1v) is 11.0. The van der Waals surface area contributed by atoms with E-state index >= 15 is 0 Å². The maximum Gasteiger partial charge on any atom is 0.326 e. The largest absolute Gasteiger partial charge is 0.454 e. The summed E-state index contributed by atoms with van der Waals surface area (Å²) < 4.78 is 5.17. The van der Waals surface area contributed by atoms with Crippen molar-refractivity contribution in [3.8, 4) is 0 Å². The molecule has 8 heteroatoms. The van der Waals surface area contributed by atoms with E-state index in [9.17, 15) is 19.2 Å². The number of amides is 4. The van der Waals surface area contributed by atoms with E-state index in [2.05, 4.69) is 5.32 Å².